The average Bonchev–Trinajstić information content (AvgIpc) is 3.65. The van der Waals surface area contributed by atoms with E-state index in [0.717, 1.165) is 82.3 Å². The van der Waals surface area contributed by atoms with E-state index in [-0.39, 0.29) is 11.9 Å². The number of rotatable bonds is 5. The number of amides is 1. The van der Waals surface area contributed by atoms with Crippen LogP contribution < -0.4 is 10.2 Å². The van der Waals surface area contributed by atoms with Crippen LogP contribution in [0.3, 0.4) is 0 Å². The van der Waals surface area contributed by atoms with Gasteiger partial charge in [0.1, 0.15) is 11.9 Å². The molecule has 4 heterocycles. The molecule has 0 aromatic carbocycles. The number of piperazine rings is 1. The molecule has 0 unspecified atom stereocenters. The molecular formula is C26H38N8O. The number of aryl methyl sites for hydroxylation is 1. The van der Waals surface area contributed by atoms with Crippen LogP contribution in [-0.2, 0) is 17.6 Å². The lowest BCUT2D eigenvalue weighted by Gasteiger charge is -2.36. The molecule has 1 saturated carbocycles. The first kappa shape index (κ1) is 22.8. The fourth-order valence-electron chi connectivity index (χ4n) is 6.28. The van der Waals surface area contributed by atoms with Crippen molar-refractivity contribution in [1.29, 1.82) is 0 Å². The molecule has 0 radical (unpaired) electrons. The molecule has 188 valence electrons. The van der Waals surface area contributed by atoms with Gasteiger partial charge in [-0.15, -0.1) is 0 Å². The molecule has 0 bridgehead atoms. The van der Waals surface area contributed by atoms with Gasteiger partial charge in [0, 0.05) is 49.9 Å². The van der Waals surface area contributed by atoms with Crippen molar-refractivity contribution in [3.05, 3.63) is 23.1 Å². The van der Waals surface area contributed by atoms with E-state index in [2.05, 4.69) is 32.1 Å². The Morgan fingerprint density at radius 1 is 0.971 bits per heavy atom. The van der Waals surface area contributed by atoms with E-state index in [0.29, 0.717) is 11.9 Å². The highest BCUT2D eigenvalue weighted by Gasteiger charge is 2.37. The summed E-state index contributed by atoms with van der Waals surface area (Å²) < 4.78 is 0. The maximum absolute atomic E-state index is 13.4. The van der Waals surface area contributed by atoms with Crippen LogP contribution in [0, 0.1) is 0 Å². The zero-order valence-electron chi connectivity index (χ0n) is 20.9. The van der Waals surface area contributed by atoms with Crippen LogP contribution in [0.15, 0.2) is 6.20 Å². The maximum atomic E-state index is 13.4. The van der Waals surface area contributed by atoms with E-state index in [1.54, 1.807) is 0 Å². The van der Waals surface area contributed by atoms with Crippen molar-refractivity contribution in [3.8, 4) is 0 Å². The first-order valence-corrected chi connectivity index (χ1v) is 13.6. The Balaban J connectivity index is 1.23. The molecule has 2 aromatic heterocycles. The summed E-state index contributed by atoms with van der Waals surface area (Å²) in [7, 11) is 2.12. The number of fused-ring (bicyclic) bond motifs is 1. The molecule has 2 aliphatic carbocycles. The normalized spacial score (nSPS) is 23.6. The molecule has 6 rings (SSSR count). The highest BCUT2D eigenvalue weighted by Crippen LogP contribution is 2.34. The highest BCUT2D eigenvalue weighted by molar-refractivity contribution is 5.85. The lowest BCUT2D eigenvalue weighted by atomic mass is 9.87. The molecule has 1 atom stereocenters. The summed E-state index contributed by atoms with van der Waals surface area (Å²) in [5.41, 5.74) is 3.55. The smallest absolute Gasteiger partial charge is 0.245 e. The summed E-state index contributed by atoms with van der Waals surface area (Å²) in [6.45, 7) is 4.31. The maximum Gasteiger partial charge on any atom is 0.245 e. The topological polar surface area (TPSA) is 93.3 Å². The second-order valence-corrected chi connectivity index (χ2v) is 10.8. The Labute approximate surface area is 207 Å². The fourth-order valence-corrected chi connectivity index (χ4v) is 6.28. The van der Waals surface area contributed by atoms with Crippen LogP contribution in [0.2, 0.25) is 0 Å². The summed E-state index contributed by atoms with van der Waals surface area (Å²) in [5.74, 6) is 3.12. The van der Waals surface area contributed by atoms with Gasteiger partial charge < -0.3 is 25.0 Å². The number of hydrogen-bond acceptors (Lipinski definition) is 7. The van der Waals surface area contributed by atoms with Gasteiger partial charge in [-0.2, -0.15) is 4.98 Å². The van der Waals surface area contributed by atoms with Crippen molar-refractivity contribution in [2.45, 2.75) is 76.2 Å². The van der Waals surface area contributed by atoms with Crippen LogP contribution in [0.4, 0.5) is 17.7 Å². The predicted molar refractivity (Wildman–Crippen MR) is 136 cm³/mol. The third-order valence-corrected chi connectivity index (χ3v) is 8.41. The predicted octanol–water partition coefficient (Wildman–Crippen LogP) is 3.22. The van der Waals surface area contributed by atoms with Crippen LogP contribution in [0.1, 0.15) is 74.2 Å². The van der Waals surface area contributed by atoms with Crippen LogP contribution in [-0.4, -0.2) is 81.5 Å². The first-order valence-electron chi connectivity index (χ1n) is 13.6. The number of H-pyrrole nitrogens is 1. The minimum absolute atomic E-state index is 0.160. The number of anilines is 3. The number of nitrogens with one attached hydrogen (secondary N) is 2. The van der Waals surface area contributed by atoms with Crippen molar-refractivity contribution in [2.75, 3.05) is 50.0 Å². The Morgan fingerprint density at radius 2 is 1.80 bits per heavy atom. The molecule has 9 heteroatoms. The fraction of sp³-hybridized carbons (Fsp3) is 0.692. The number of carbonyl (C=O) groups is 1. The number of likely N-dealkylation sites (N-methyl/N-ethyl adjacent to an activating group) is 1. The molecule has 35 heavy (non-hydrogen) atoms. The van der Waals surface area contributed by atoms with E-state index >= 15 is 0 Å². The number of nitrogens with zero attached hydrogens (tertiary/aromatic N) is 6. The van der Waals surface area contributed by atoms with Gasteiger partial charge in [-0.1, -0.05) is 19.3 Å². The molecular weight excluding hydrogens is 440 g/mol. The molecule has 2 aliphatic heterocycles. The van der Waals surface area contributed by atoms with Gasteiger partial charge in [-0.25, -0.2) is 9.97 Å². The first-order chi connectivity index (χ1) is 17.2. The van der Waals surface area contributed by atoms with Gasteiger partial charge in [-0.05, 0) is 52.0 Å². The van der Waals surface area contributed by atoms with E-state index < -0.39 is 0 Å². The molecule has 9 nitrogen and oxygen atoms in total. The Kier molecular flexibility index (Phi) is 6.35. The van der Waals surface area contributed by atoms with Crippen LogP contribution in [0.5, 0.6) is 0 Å². The van der Waals surface area contributed by atoms with Crippen LogP contribution >= 0.6 is 0 Å². The molecule has 3 fully saturated rings. The lowest BCUT2D eigenvalue weighted by molar-refractivity contribution is -0.134. The largest absolute Gasteiger partial charge is 0.338 e. The second kappa shape index (κ2) is 9.76. The van der Waals surface area contributed by atoms with Gasteiger partial charge in [0.05, 0.1) is 11.9 Å². The number of hydrogen-bond donors (Lipinski definition) is 2. The molecule has 4 aliphatic rings. The quantitative estimate of drug-likeness (QED) is 0.682. The van der Waals surface area contributed by atoms with Crippen molar-refractivity contribution >= 4 is 23.6 Å². The van der Waals surface area contributed by atoms with Crippen molar-refractivity contribution in [3.63, 3.8) is 0 Å². The third kappa shape index (κ3) is 4.62. The van der Waals surface area contributed by atoms with Gasteiger partial charge in [-0.3, -0.25) is 4.79 Å². The Hall–Kier alpha value is -2.68. The van der Waals surface area contributed by atoms with Crippen molar-refractivity contribution < 1.29 is 4.79 Å². The molecule has 2 N–H and O–H groups in total. The molecule has 1 amide bonds. The van der Waals surface area contributed by atoms with Crippen LogP contribution in [0.25, 0.3) is 0 Å². The van der Waals surface area contributed by atoms with E-state index in [1.165, 1.54) is 43.4 Å². The Bertz CT molecular complexity index is 1050. The number of carbonyl (C=O) groups excluding carboxylic acids is 1. The van der Waals surface area contributed by atoms with Gasteiger partial charge in [0.25, 0.3) is 0 Å². The zero-order chi connectivity index (χ0) is 23.8. The van der Waals surface area contributed by atoms with Crippen molar-refractivity contribution in [2.24, 2.45) is 0 Å². The standard InChI is InChI=1S/C26H38N8O/c1-32-13-15-33(16-14-32)24(35)22-11-6-12-34(22)26-29-20-10-5-9-19(20)23(31-26)30-25-27-17-21(28-25)18-7-3-2-4-8-18/h17-18,22H,2-16H2,1H3,(H2,27,28,29,30,31)/t22-/m1/s1. The average molecular weight is 479 g/mol. The van der Waals surface area contributed by atoms with E-state index in [9.17, 15) is 4.79 Å². The minimum atomic E-state index is -0.160. The third-order valence-electron chi connectivity index (χ3n) is 8.41. The van der Waals surface area contributed by atoms with Gasteiger partial charge in [0.15, 0.2) is 0 Å². The molecule has 2 aromatic rings. The summed E-state index contributed by atoms with van der Waals surface area (Å²) in [6.07, 6.45) is 13.3. The summed E-state index contributed by atoms with van der Waals surface area (Å²) in [6, 6.07) is -0.160. The lowest BCUT2D eigenvalue weighted by Crippen LogP contribution is -2.53. The molecule has 0 spiro atoms. The monoisotopic (exact) mass is 478 g/mol. The minimum Gasteiger partial charge on any atom is -0.338 e. The summed E-state index contributed by atoms with van der Waals surface area (Å²) in [5, 5.41) is 3.49. The molecule has 2 saturated heterocycles. The SMILES string of the molecule is CN1CCN(C(=O)[C@H]2CCCN2c2nc3c(c(Nc4ncc(C5CCCCC5)[nH]4)n2)CCC3)CC1. The highest BCUT2D eigenvalue weighted by atomic mass is 16.2. The zero-order valence-corrected chi connectivity index (χ0v) is 20.9. The number of aromatic nitrogens is 4. The van der Waals surface area contributed by atoms with E-state index in [1.807, 2.05) is 11.1 Å². The van der Waals surface area contributed by atoms with Gasteiger partial charge >= 0.3 is 0 Å². The number of imidazole rings is 1. The van der Waals surface area contributed by atoms with Gasteiger partial charge in [0.2, 0.25) is 17.8 Å². The second-order valence-electron chi connectivity index (χ2n) is 10.8. The number of aromatic amines is 1. The summed E-state index contributed by atoms with van der Waals surface area (Å²) >= 11 is 0. The van der Waals surface area contributed by atoms with E-state index in [4.69, 9.17) is 9.97 Å². The Morgan fingerprint density at radius 3 is 2.63 bits per heavy atom. The summed E-state index contributed by atoms with van der Waals surface area (Å²) in [4.78, 5) is 38.0. The van der Waals surface area contributed by atoms with Crippen molar-refractivity contribution in [1.82, 2.24) is 29.7 Å².